The van der Waals surface area contributed by atoms with Gasteiger partial charge in [0.2, 0.25) is 0 Å². The van der Waals surface area contributed by atoms with Gasteiger partial charge in [0.25, 0.3) is 0 Å². The Bertz CT molecular complexity index is 24.1. The van der Waals surface area contributed by atoms with E-state index in [4.69, 9.17) is 0 Å². The van der Waals surface area contributed by atoms with Gasteiger partial charge < -0.3 is 49.3 Å². The Labute approximate surface area is 179 Å². The Morgan fingerprint density at radius 1 is 0.267 bits per heavy atom. The fourth-order valence-corrected chi connectivity index (χ4v) is 0. The molecule has 0 aliphatic heterocycles. The van der Waals surface area contributed by atoms with Crippen molar-refractivity contribution >= 4 is 80.8 Å². The average molecular weight is 429 g/mol. The van der Waals surface area contributed by atoms with Gasteiger partial charge in [0.05, 0.1) is 0 Å². The van der Waals surface area contributed by atoms with E-state index in [2.05, 4.69) is 0 Å². The molecular weight excluding hydrogens is 429 g/mol. The smallest absolute Gasteiger partial charge is 2.00 e. The summed E-state index contributed by atoms with van der Waals surface area (Å²) in [7, 11) is 0. The fourth-order valence-electron chi connectivity index (χ4n) is 0. The van der Waals surface area contributed by atoms with E-state index in [-0.39, 0.29) is 183 Å². The van der Waals surface area contributed by atoms with Crippen LogP contribution in [0.15, 0.2) is 0 Å². The van der Waals surface area contributed by atoms with Gasteiger partial charge in [-0.3, -0.25) is 0 Å². The quantitative estimate of drug-likeness (QED) is 0.359. The third-order valence-corrected chi connectivity index (χ3v) is 0. The van der Waals surface area contributed by atoms with Gasteiger partial charge in [-0.1, -0.05) is 0 Å². The molecule has 15 heavy (non-hydrogen) atoms. The summed E-state index contributed by atoms with van der Waals surface area (Å²) in [5, 5.41) is 0. The number of rotatable bonds is 0. The predicted octanol–water partition coefficient (Wildman–Crippen LogP) is -2.60. The summed E-state index contributed by atoms with van der Waals surface area (Å²) in [5.74, 6) is 0. The molecule has 0 unspecified atom stereocenters. The van der Waals surface area contributed by atoms with Gasteiger partial charge in [-0.2, -0.15) is 0 Å². The van der Waals surface area contributed by atoms with E-state index in [1.165, 1.54) is 0 Å². The molecule has 0 rings (SSSR count). The van der Waals surface area contributed by atoms with Crippen LogP contribution in [0, 0.1) is 0 Å². The molecule has 0 saturated carbocycles. The largest absolute Gasteiger partial charge is 4.00 e. The second-order valence-electron chi connectivity index (χ2n) is 0. The molecule has 0 aliphatic carbocycles. The van der Waals surface area contributed by atoms with Crippen molar-refractivity contribution in [1.29, 1.82) is 0 Å². The van der Waals surface area contributed by atoms with Crippen molar-refractivity contribution < 1.29 is 102 Å². The summed E-state index contributed by atoms with van der Waals surface area (Å²) < 4.78 is 0. The monoisotopic (exact) mass is 426 g/mol. The molecule has 0 radical (unpaired) electrons. The first-order chi connectivity index (χ1) is 0. The summed E-state index contributed by atoms with van der Waals surface area (Å²) in [6.07, 6.45) is 0. The van der Waals surface area contributed by atoms with Crippen LogP contribution in [0.1, 0.15) is 0 Å². The first kappa shape index (κ1) is 384. The molecule has 0 N–H and O–H groups in total. The molecule has 0 bridgehead atoms. The Hall–Kier alpha value is 4.00. The van der Waals surface area contributed by atoms with E-state index < -0.39 is 0 Å². The molecule has 72 valence electrons. The van der Waals surface area contributed by atoms with Crippen LogP contribution in [0.4, 0.5) is 0 Å². The van der Waals surface area contributed by atoms with Gasteiger partial charge in [0, 0.05) is 0 Å². The molecule has 0 aliphatic rings. The van der Waals surface area contributed by atoms with Gasteiger partial charge in [-0.15, -0.1) is 0 Å². The molecular formula is Al2Mg2O9Zr2. The second-order valence-corrected chi connectivity index (χ2v) is 0. The zero-order valence-electron chi connectivity index (χ0n) is 7.24. The minimum absolute atomic E-state index is 0. The van der Waals surface area contributed by atoms with Crippen LogP contribution in [0.5, 0.6) is 0 Å². The van der Waals surface area contributed by atoms with E-state index in [1.54, 1.807) is 0 Å². The van der Waals surface area contributed by atoms with Gasteiger partial charge in [-0.05, 0) is 0 Å². The van der Waals surface area contributed by atoms with Gasteiger partial charge in [0.15, 0.2) is 0 Å². The molecule has 0 saturated heterocycles. The van der Waals surface area contributed by atoms with E-state index in [0.717, 1.165) is 0 Å². The van der Waals surface area contributed by atoms with Crippen molar-refractivity contribution in [2.75, 3.05) is 0 Å². The van der Waals surface area contributed by atoms with Crippen molar-refractivity contribution in [2.45, 2.75) is 0 Å². The van der Waals surface area contributed by atoms with Crippen LogP contribution >= 0.6 is 0 Å². The van der Waals surface area contributed by atoms with Gasteiger partial charge in [-0.25, -0.2) is 0 Å². The third-order valence-electron chi connectivity index (χ3n) is 0. The summed E-state index contributed by atoms with van der Waals surface area (Å²) >= 11 is 0. The van der Waals surface area contributed by atoms with Crippen LogP contribution in [-0.2, 0) is 102 Å². The molecule has 0 heterocycles. The van der Waals surface area contributed by atoms with Gasteiger partial charge in [0.1, 0.15) is 0 Å². The fraction of sp³-hybridized carbons (Fsp3) is 0. The van der Waals surface area contributed by atoms with Crippen molar-refractivity contribution in [2.24, 2.45) is 0 Å². The average Bonchev–Trinajstić information content (AvgIpc) is 0. The minimum Gasteiger partial charge on any atom is -2.00 e. The summed E-state index contributed by atoms with van der Waals surface area (Å²) in [5.41, 5.74) is 0. The van der Waals surface area contributed by atoms with Crippen LogP contribution < -0.4 is 0 Å². The number of hydrogen-bond acceptors (Lipinski definition) is 0. The predicted molar refractivity (Wildman–Crippen MR) is 29.2 cm³/mol. The standard InChI is InChI=1S/2Al.2Mg.9O.2Zr/q2*+3;2*+2;9*-2;2*+4. The molecule has 9 nitrogen and oxygen atoms in total. The van der Waals surface area contributed by atoms with Crippen molar-refractivity contribution in [1.82, 2.24) is 0 Å². The molecule has 15 heteroatoms. The van der Waals surface area contributed by atoms with Crippen LogP contribution in [0.25, 0.3) is 0 Å². The van der Waals surface area contributed by atoms with Crippen LogP contribution in [0.3, 0.4) is 0 Å². The Morgan fingerprint density at radius 3 is 0.267 bits per heavy atom. The maximum atomic E-state index is 0. The molecule has 0 fully saturated rings. The molecule has 0 amide bonds. The molecule has 0 aromatic carbocycles. The van der Waals surface area contributed by atoms with Crippen molar-refractivity contribution in [3.8, 4) is 0 Å². The van der Waals surface area contributed by atoms with E-state index in [0.29, 0.717) is 0 Å². The minimum atomic E-state index is 0. The SMILES string of the molecule is [Al+3].[Al+3].[Mg+2].[Mg+2].[O-2].[O-2].[O-2].[O-2].[O-2].[O-2].[O-2].[O-2].[O-2].[Zr+4].[Zr+4]. The summed E-state index contributed by atoms with van der Waals surface area (Å²) in [4.78, 5) is 0. The Morgan fingerprint density at radius 2 is 0.267 bits per heavy atom. The maximum Gasteiger partial charge on any atom is 4.00 e. The molecule has 0 spiro atoms. The van der Waals surface area contributed by atoms with E-state index in [9.17, 15) is 0 Å². The Kier molecular flexibility index (Phi) is 8320. The van der Waals surface area contributed by atoms with Crippen molar-refractivity contribution in [3.05, 3.63) is 0 Å². The zero-order valence-corrected chi connectivity index (χ0v) is 17.3. The second kappa shape index (κ2) is 325. The molecule has 0 aromatic rings. The van der Waals surface area contributed by atoms with Gasteiger partial charge >= 0.3 is 133 Å². The maximum absolute atomic E-state index is 0. The number of hydrogen-bond donors (Lipinski definition) is 0. The zero-order chi connectivity index (χ0) is 0. The summed E-state index contributed by atoms with van der Waals surface area (Å²) in [6.45, 7) is 0. The van der Waals surface area contributed by atoms with Crippen molar-refractivity contribution in [3.63, 3.8) is 0 Å². The van der Waals surface area contributed by atoms with E-state index >= 15 is 0 Å². The Balaban J connectivity index is 0. The van der Waals surface area contributed by atoms with Crippen LogP contribution in [-0.4, -0.2) is 80.8 Å². The third kappa shape index (κ3) is 288. The first-order valence-electron chi connectivity index (χ1n) is 0. The summed E-state index contributed by atoms with van der Waals surface area (Å²) in [6, 6.07) is 0. The molecule has 0 aromatic heterocycles. The molecule has 0 atom stereocenters. The first-order valence-corrected chi connectivity index (χ1v) is 0. The normalized spacial score (nSPS) is 0. The topological polar surface area (TPSA) is 256 Å². The van der Waals surface area contributed by atoms with Crippen LogP contribution in [0.2, 0.25) is 0 Å². The van der Waals surface area contributed by atoms with E-state index in [1.807, 2.05) is 0 Å².